The van der Waals surface area contributed by atoms with E-state index in [1.165, 1.54) is 9.13 Å². The van der Waals surface area contributed by atoms with Crippen molar-refractivity contribution in [3.8, 4) is 11.8 Å². The van der Waals surface area contributed by atoms with Crippen LogP contribution in [-0.2, 0) is 20.1 Å². The average Bonchev–Trinajstić information content (AvgIpc) is 3.20. The van der Waals surface area contributed by atoms with Crippen molar-refractivity contribution in [3.05, 3.63) is 57.0 Å². The van der Waals surface area contributed by atoms with Gasteiger partial charge in [-0.25, -0.2) is 4.79 Å². The third-order valence-electron chi connectivity index (χ3n) is 5.65. The summed E-state index contributed by atoms with van der Waals surface area (Å²) in [5.41, 5.74) is 12.6. The van der Waals surface area contributed by atoms with E-state index in [0.29, 0.717) is 41.6 Å². The van der Waals surface area contributed by atoms with Gasteiger partial charge in [-0.15, -0.1) is 5.92 Å². The van der Waals surface area contributed by atoms with Crippen molar-refractivity contribution < 1.29 is 0 Å². The summed E-state index contributed by atoms with van der Waals surface area (Å²) in [6.45, 7) is 2.94. The fraction of sp³-hybridized carbons (Fsp3) is 0.304. The van der Waals surface area contributed by atoms with E-state index in [2.05, 4.69) is 21.8 Å². The standard InChI is InChI=1S/C23H26N8O2/c1-4-5-11-30-19-20(27-22(30)28(2)12-10-24)29(3)23(33)31(21(19)32)14-18-16-9-7-6-8-15(16)17(25)13-26-18/h6-9,13H,10-12,14,24-25H2,1-3H3. The van der Waals surface area contributed by atoms with E-state index in [4.69, 9.17) is 11.5 Å². The molecule has 0 fully saturated rings. The Balaban J connectivity index is 1.97. The van der Waals surface area contributed by atoms with Gasteiger partial charge in [0.25, 0.3) is 5.56 Å². The van der Waals surface area contributed by atoms with E-state index in [0.717, 1.165) is 10.8 Å². The number of imidazole rings is 1. The summed E-state index contributed by atoms with van der Waals surface area (Å²) in [5, 5.41) is 1.61. The van der Waals surface area contributed by atoms with Crippen LogP contribution in [0.3, 0.4) is 0 Å². The fourth-order valence-electron chi connectivity index (χ4n) is 3.94. The van der Waals surface area contributed by atoms with Gasteiger partial charge in [-0.1, -0.05) is 30.2 Å². The minimum atomic E-state index is -0.477. The summed E-state index contributed by atoms with van der Waals surface area (Å²) >= 11 is 0. The van der Waals surface area contributed by atoms with Gasteiger partial charge in [-0.2, -0.15) is 4.98 Å². The minimum absolute atomic E-state index is 0.000842. The van der Waals surface area contributed by atoms with Crippen molar-refractivity contribution >= 4 is 33.6 Å². The lowest BCUT2D eigenvalue weighted by Gasteiger charge is -2.17. The second-order valence-electron chi connectivity index (χ2n) is 7.75. The maximum atomic E-state index is 13.6. The highest BCUT2D eigenvalue weighted by molar-refractivity contribution is 5.93. The monoisotopic (exact) mass is 446 g/mol. The van der Waals surface area contributed by atoms with Gasteiger partial charge in [0, 0.05) is 38.0 Å². The lowest BCUT2D eigenvalue weighted by Crippen LogP contribution is -2.40. The molecular formula is C23H26N8O2. The van der Waals surface area contributed by atoms with Crippen LogP contribution in [-0.4, -0.2) is 43.8 Å². The molecule has 0 aliphatic heterocycles. The molecule has 4 aromatic rings. The number of anilines is 2. The Morgan fingerprint density at radius 2 is 1.88 bits per heavy atom. The zero-order valence-electron chi connectivity index (χ0n) is 18.9. The number of benzene rings is 1. The first-order valence-corrected chi connectivity index (χ1v) is 10.5. The molecule has 0 spiro atoms. The van der Waals surface area contributed by atoms with Crippen LogP contribution in [0.5, 0.6) is 0 Å². The Kier molecular flexibility index (Phi) is 5.89. The van der Waals surface area contributed by atoms with Crippen LogP contribution in [0.4, 0.5) is 11.6 Å². The van der Waals surface area contributed by atoms with Gasteiger partial charge in [0.2, 0.25) is 5.95 Å². The number of aryl methyl sites for hydroxylation is 1. The Morgan fingerprint density at radius 3 is 2.58 bits per heavy atom. The number of pyridine rings is 1. The molecule has 0 unspecified atom stereocenters. The van der Waals surface area contributed by atoms with Crippen molar-refractivity contribution in [2.24, 2.45) is 12.8 Å². The van der Waals surface area contributed by atoms with Gasteiger partial charge >= 0.3 is 5.69 Å². The molecule has 170 valence electrons. The van der Waals surface area contributed by atoms with E-state index >= 15 is 0 Å². The molecule has 0 bridgehead atoms. The maximum absolute atomic E-state index is 13.6. The highest BCUT2D eigenvalue weighted by atomic mass is 16.2. The molecule has 10 heteroatoms. The molecule has 3 aromatic heterocycles. The summed E-state index contributed by atoms with van der Waals surface area (Å²) in [6, 6.07) is 7.52. The third kappa shape index (κ3) is 3.72. The van der Waals surface area contributed by atoms with Crippen LogP contribution in [0, 0.1) is 11.8 Å². The average molecular weight is 447 g/mol. The topological polar surface area (TPSA) is 130 Å². The molecule has 33 heavy (non-hydrogen) atoms. The number of aromatic nitrogens is 5. The largest absolute Gasteiger partial charge is 0.397 e. The number of nitrogens with two attached hydrogens (primary N) is 2. The second-order valence-corrected chi connectivity index (χ2v) is 7.75. The SMILES string of the molecule is CC#CCn1c(N(C)CCN)nc2c1c(=O)n(Cc1ncc(N)c3ccccc13)c(=O)n2C. The minimum Gasteiger partial charge on any atom is -0.397 e. The Hall–Kier alpha value is -4.10. The van der Waals surface area contributed by atoms with Gasteiger partial charge in [-0.3, -0.25) is 23.5 Å². The van der Waals surface area contributed by atoms with E-state index in [9.17, 15) is 9.59 Å². The molecule has 0 amide bonds. The van der Waals surface area contributed by atoms with Crippen LogP contribution in [0.1, 0.15) is 12.6 Å². The molecule has 0 aliphatic carbocycles. The van der Waals surface area contributed by atoms with Crippen molar-refractivity contribution in [2.75, 3.05) is 30.8 Å². The predicted molar refractivity (Wildman–Crippen MR) is 130 cm³/mol. The predicted octanol–water partition coefficient (Wildman–Crippen LogP) is 0.494. The van der Waals surface area contributed by atoms with Gasteiger partial charge in [-0.05, 0) is 6.92 Å². The quantitative estimate of drug-likeness (QED) is 0.412. The van der Waals surface area contributed by atoms with Gasteiger partial charge in [0.05, 0.1) is 30.7 Å². The smallest absolute Gasteiger partial charge is 0.332 e. The zero-order valence-corrected chi connectivity index (χ0v) is 18.9. The van der Waals surface area contributed by atoms with E-state index in [1.807, 2.05) is 36.2 Å². The summed E-state index contributed by atoms with van der Waals surface area (Å²) in [5.74, 6) is 6.37. The van der Waals surface area contributed by atoms with E-state index in [1.54, 1.807) is 24.7 Å². The maximum Gasteiger partial charge on any atom is 0.332 e. The van der Waals surface area contributed by atoms with Crippen LogP contribution >= 0.6 is 0 Å². The van der Waals surface area contributed by atoms with E-state index in [-0.39, 0.29) is 13.1 Å². The number of fused-ring (bicyclic) bond motifs is 2. The molecule has 0 saturated carbocycles. The zero-order chi connectivity index (χ0) is 23.7. The molecule has 0 radical (unpaired) electrons. The van der Waals surface area contributed by atoms with Crippen LogP contribution in [0.2, 0.25) is 0 Å². The van der Waals surface area contributed by atoms with Gasteiger partial charge < -0.3 is 16.4 Å². The highest BCUT2D eigenvalue weighted by Crippen LogP contribution is 2.23. The Bertz CT molecular complexity index is 1530. The summed E-state index contributed by atoms with van der Waals surface area (Å²) in [7, 11) is 3.44. The molecule has 4 N–H and O–H groups in total. The third-order valence-corrected chi connectivity index (χ3v) is 5.65. The molecule has 3 heterocycles. The first-order valence-electron chi connectivity index (χ1n) is 10.5. The Labute approximate surface area is 190 Å². The highest BCUT2D eigenvalue weighted by Gasteiger charge is 2.22. The molecule has 4 rings (SSSR count). The summed E-state index contributed by atoms with van der Waals surface area (Å²) < 4.78 is 4.29. The van der Waals surface area contributed by atoms with Crippen molar-refractivity contribution in [1.82, 2.24) is 23.7 Å². The van der Waals surface area contributed by atoms with Gasteiger partial charge in [0.1, 0.15) is 0 Å². The van der Waals surface area contributed by atoms with Crippen LogP contribution < -0.4 is 27.6 Å². The van der Waals surface area contributed by atoms with E-state index < -0.39 is 11.2 Å². The molecule has 0 atom stereocenters. The van der Waals surface area contributed by atoms with Crippen molar-refractivity contribution in [2.45, 2.75) is 20.0 Å². The second kappa shape index (κ2) is 8.80. The molecule has 0 saturated heterocycles. The van der Waals surface area contributed by atoms with Crippen LogP contribution in [0.15, 0.2) is 40.1 Å². The first-order chi connectivity index (χ1) is 15.9. The number of hydrogen-bond acceptors (Lipinski definition) is 7. The number of rotatable bonds is 6. The van der Waals surface area contributed by atoms with Gasteiger partial charge in [0.15, 0.2) is 11.2 Å². The van der Waals surface area contributed by atoms with Crippen molar-refractivity contribution in [1.29, 1.82) is 0 Å². The van der Waals surface area contributed by atoms with Crippen molar-refractivity contribution in [3.63, 3.8) is 0 Å². The molecule has 10 nitrogen and oxygen atoms in total. The number of likely N-dealkylation sites (N-methyl/N-ethyl adjacent to an activating group) is 1. The molecule has 0 aliphatic rings. The first kappa shape index (κ1) is 22.1. The fourth-order valence-corrected chi connectivity index (χ4v) is 3.94. The number of hydrogen-bond donors (Lipinski definition) is 2. The van der Waals surface area contributed by atoms with Crippen LogP contribution in [0.25, 0.3) is 21.9 Å². The normalized spacial score (nSPS) is 11.0. The lowest BCUT2D eigenvalue weighted by atomic mass is 10.1. The Morgan fingerprint density at radius 1 is 1.15 bits per heavy atom. The number of nitrogens with zero attached hydrogens (tertiary/aromatic N) is 6. The number of nitrogen functional groups attached to an aromatic ring is 1. The lowest BCUT2D eigenvalue weighted by molar-refractivity contribution is 0.647. The molecular weight excluding hydrogens is 420 g/mol. The summed E-state index contributed by atoms with van der Waals surface area (Å²) in [6.07, 6.45) is 1.55. The summed E-state index contributed by atoms with van der Waals surface area (Å²) in [4.78, 5) is 37.7. The molecule has 1 aromatic carbocycles.